The number of hydrogen-bond donors (Lipinski definition) is 1. The lowest BCUT2D eigenvalue weighted by molar-refractivity contribution is -0.117. The first-order valence-electron chi connectivity index (χ1n) is 8.91. The van der Waals surface area contributed by atoms with Crippen molar-refractivity contribution < 1.29 is 4.79 Å². The number of rotatable bonds is 6. The quantitative estimate of drug-likeness (QED) is 0.450. The van der Waals surface area contributed by atoms with Gasteiger partial charge in [0.1, 0.15) is 5.25 Å². The molecule has 4 rings (SSSR count). The Labute approximate surface area is 177 Å². The first-order chi connectivity index (χ1) is 14.1. The van der Waals surface area contributed by atoms with Crippen molar-refractivity contribution in [3.05, 3.63) is 95.5 Å². The number of amides is 1. The van der Waals surface area contributed by atoms with Gasteiger partial charge in [0.05, 0.1) is 0 Å². The number of carbonyl (C=O) groups is 1. The molecule has 1 aromatic heterocycles. The second-order valence-corrected chi connectivity index (χ2v) is 7.80. The van der Waals surface area contributed by atoms with Crippen LogP contribution in [0.3, 0.4) is 0 Å². The second-order valence-electron chi connectivity index (χ2n) is 6.29. The summed E-state index contributed by atoms with van der Waals surface area (Å²) in [5.41, 5.74) is 8.29. The van der Waals surface area contributed by atoms with Crippen LogP contribution in [-0.2, 0) is 4.79 Å². The van der Waals surface area contributed by atoms with Gasteiger partial charge in [-0.2, -0.15) is 0 Å². The maximum atomic E-state index is 12.2. The third-order valence-corrected chi connectivity index (χ3v) is 5.80. The van der Waals surface area contributed by atoms with E-state index in [0.29, 0.717) is 16.0 Å². The zero-order valence-electron chi connectivity index (χ0n) is 15.3. The largest absolute Gasteiger partial charge is 0.368 e. The zero-order valence-corrected chi connectivity index (χ0v) is 16.8. The van der Waals surface area contributed by atoms with Gasteiger partial charge in [-0.1, -0.05) is 71.9 Å². The minimum atomic E-state index is -0.582. The van der Waals surface area contributed by atoms with Crippen molar-refractivity contribution in [1.29, 1.82) is 0 Å². The van der Waals surface area contributed by atoms with E-state index in [4.69, 9.17) is 17.3 Å². The molecule has 1 heterocycles. The van der Waals surface area contributed by atoms with E-state index in [2.05, 4.69) is 10.2 Å². The van der Waals surface area contributed by atoms with Gasteiger partial charge in [0.15, 0.2) is 11.0 Å². The predicted molar refractivity (Wildman–Crippen MR) is 116 cm³/mol. The van der Waals surface area contributed by atoms with Crippen molar-refractivity contribution in [2.45, 2.75) is 10.4 Å². The van der Waals surface area contributed by atoms with Crippen LogP contribution in [0.2, 0.25) is 5.02 Å². The fourth-order valence-corrected chi connectivity index (χ4v) is 4.10. The standard InChI is InChI=1S/C22H17ClN4OS/c23-17-13-11-16(12-14-17)21-25-26-22(27(21)18-9-5-2-6-10-18)29-19(20(24)28)15-7-3-1-4-8-15/h1-14,19H,(H2,24,28). The highest BCUT2D eigenvalue weighted by molar-refractivity contribution is 8.00. The highest BCUT2D eigenvalue weighted by Gasteiger charge is 2.24. The number of para-hydroxylation sites is 1. The molecule has 0 radical (unpaired) electrons. The number of hydrogen-bond acceptors (Lipinski definition) is 4. The summed E-state index contributed by atoms with van der Waals surface area (Å²) in [6.07, 6.45) is 0. The Morgan fingerprint density at radius 3 is 2.14 bits per heavy atom. The maximum Gasteiger partial charge on any atom is 0.235 e. The van der Waals surface area contributed by atoms with E-state index in [1.807, 2.05) is 89.5 Å². The highest BCUT2D eigenvalue weighted by Crippen LogP contribution is 2.37. The summed E-state index contributed by atoms with van der Waals surface area (Å²) in [7, 11) is 0. The molecule has 0 aliphatic carbocycles. The normalized spacial score (nSPS) is 11.9. The third kappa shape index (κ3) is 4.18. The lowest BCUT2D eigenvalue weighted by atomic mass is 10.1. The van der Waals surface area contributed by atoms with E-state index < -0.39 is 11.2 Å². The number of thioether (sulfide) groups is 1. The summed E-state index contributed by atoms with van der Waals surface area (Å²) in [6, 6.07) is 26.6. The van der Waals surface area contributed by atoms with Crippen molar-refractivity contribution in [3.8, 4) is 17.1 Å². The first-order valence-corrected chi connectivity index (χ1v) is 10.2. The van der Waals surface area contributed by atoms with Crippen molar-refractivity contribution >= 4 is 29.3 Å². The van der Waals surface area contributed by atoms with Crippen LogP contribution in [0.4, 0.5) is 0 Å². The molecule has 0 saturated heterocycles. The van der Waals surface area contributed by atoms with Gasteiger partial charge < -0.3 is 5.73 Å². The van der Waals surface area contributed by atoms with Gasteiger partial charge in [-0.05, 0) is 42.0 Å². The molecule has 0 spiro atoms. The van der Waals surface area contributed by atoms with Crippen LogP contribution in [0.1, 0.15) is 10.8 Å². The van der Waals surface area contributed by atoms with E-state index >= 15 is 0 Å². The molecule has 0 aliphatic heterocycles. The van der Waals surface area contributed by atoms with Crippen LogP contribution in [0.5, 0.6) is 0 Å². The van der Waals surface area contributed by atoms with Gasteiger partial charge in [-0.25, -0.2) is 0 Å². The Morgan fingerprint density at radius 2 is 1.52 bits per heavy atom. The van der Waals surface area contributed by atoms with E-state index in [1.165, 1.54) is 11.8 Å². The van der Waals surface area contributed by atoms with Gasteiger partial charge in [-0.3, -0.25) is 9.36 Å². The molecule has 29 heavy (non-hydrogen) atoms. The molecular weight excluding hydrogens is 404 g/mol. The number of halogens is 1. The van der Waals surface area contributed by atoms with Gasteiger partial charge in [0.2, 0.25) is 5.91 Å². The summed E-state index contributed by atoms with van der Waals surface area (Å²) >= 11 is 7.31. The molecule has 2 N–H and O–H groups in total. The maximum absolute atomic E-state index is 12.2. The average molecular weight is 421 g/mol. The molecule has 144 valence electrons. The summed E-state index contributed by atoms with van der Waals surface area (Å²) in [4.78, 5) is 12.2. The fraction of sp³-hybridized carbons (Fsp3) is 0.0455. The molecule has 0 bridgehead atoms. The molecule has 7 heteroatoms. The Balaban J connectivity index is 1.81. The molecule has 4 aromatic rings. The lowest BCUT2D eigenvalue weighted by Gasteiger charge is -2.15. The molecule has 5 nitrogen and oxygen atoms in total. The van der Waals surface area contributed by atoms with Crippen LogP contribution in [0.15, 0.2) is 90.1 Å². The van der Waals surface area contributed by atoms with Crippen LogP contribution < -0.4 is 5.73 Å². The van der Waals surface area contributed by atoms with Crippen LogP contribution in [0.25, 0.3) is 17.1 Å². The predicted octanol–water partition coefficient (Wildman–Crippen LogP) is 4.91. The summed E-state index contributed by atoms with van der Waals surface area (Å²) in [5, 5.41) is 9.41. The van der Waals surface area contributed by atoms with Gasteiger partial charge in [0, 0.05) is 16.3 Å². The SMILES string of the molecule is NC(=O)C(Sc1nnc(-c2ccc(Cl)cc2)n1-c1ccccc1)c1ccccc1. The molecular formula is C22H17ClN4OS. The minimum absolute atomic E-state index is 0.433. The van der Waals surface area contributed by atoms with E-state index in [9.17, 15) is 4.79 Å². The van der Waals surface area contributed by atoms with Crippen LogP contribution in [-0.4, -0.2) is 20.7 Å². The fourth-order valence-electron chi connectivity index (χ4n) is 2.97. The van der Waals surface area contributed by atoms with Crippen molar-refractivity contribution in [2.24, 2.45) is 5.73 Å². The molecule has 1 atom stereocenters. The number of nitrogens with two attached hydrogens (primary N) is 1. The molecule has 1 amide bonds. The molecule has 1 unspecified atom stereocenters. The number of aromatic nitrogens is 3. The number of carbonyl (C=O) groups excluding carboxylic acids is 1. The molecule has 0 saturated carbocycles. The van der Waals surface area contributed by atoms with Crippen molar-refractivity contribution in [3.63, 3.8) is 0 Å². The van der Waals surface area contributed by atoms with Crippen molar-refractivity contribution in [1.82, 2.24) is 14.8 Å². The Morgan fingerprint density at radius 1 is 0.897 bits per heavy atom. The summed E-state index contributed by atoms with van der Waals surface area (Å²) in [6.45, 7) is 0. The Hall–Kier alpha value is -3.09. The Bertz CT molecular complexity index is 1110. The van der Waals surface area contributed by atoms with Gasteiger partial charge in [0.25, 0.3) is 0 Å². The molecule has 0 fully saturated rings. The zero-order chi connectivity index (χ0) is 20.2. The van der Waals surface area contributed by atoms with Crippen LogP contribution >= 0.6 is 23.4 Å². The van der Waals surface area contributed by atoms with E-state index in [1.54, 1.807) is 0 Å². The Kier molecular flexibility index (Phi) is 5.64. The first kappa shape index (κ1) is 19.2. The third-order valence-electron chi connectivity index (χ3n) is 4.33. The van der Waals surface area contributed by atoms with Crippen molar-refractivity contribution in [2.75, 3.05) is 0 Å². The summed E-state index contributed by atoms with van der Waals surface area (Å²) in [5.74, 6) is 0.225. The monoisotopic (exact) mass is 420 g/mol. The van der Waals surface area contributed by atoms with Gasteiger partial charge >= 0.3 is 0 Å². The number of benzene rings is 3. The van der Waals surface area contributed by atoms with Crippen LogP contribution in [0, 0.1) is 0 Å². The smallest absolute Gasteiger partial charge is 0.235 e. The minimum Gasteiger partial charge on any atom is -0.368 e. The number of primary amides is 1. The van der Waals surface area contributed by atoms with E-state index in [-0.39, 0.29) is 0 Å². The highest BCUT2D eigenvalue weighted by atomic mass is 35.5. The number of nitrogens with zero attached hydrogens (tertiary/aromatic N) is 3. The average Bonchev–Trinajstić information content (AvgIpc) is 3.17. The topological polar surface area (TPSA) is 73.8 Å². The molecule has 3 aromatic carbocycles. The second kappa shape index (κ2) is 8.51. The van der Waals surface area contributed by atoms with Gasteiger partial charge in [-0.15, -0.1) is 10.2 Å². The lowest BCUT2D eigenvalue weighted by Crippen LogP contribution is -2.19. The molecule has 0 aliphatic rings. The summed E-state index contributed by atoms with van der Waals surface area (Å²) < 4.78 is 1.92. The van der Waals surface area contributed by atoms with E-state index in [0.717, 1.165) is 16.8 Å².